The molecule has 5 heteroatoms. The molecular formula is C14H13NO4. The number of fused-ring (bicyclic) bond motifs is 1. The molecule has 1 aromatic carbocycles. The zero-order valence-electron chi connectivity index (χ0n) is 10.6. The lowest BCUT2D eigenvalue weighted by Crippen LogP contribution is -2.18. The number of carbonyl (C=O) groups excluding carboxylic acids is 2. The molecule has 2 aromatic rings. The van der Waals surface area contributed by atoms with Crippen LogP contribution < -0.4 is 5.43 Å². The summed E-state index contributed by atoms with van der Waals surface area (Å²) in [7, 11) is 0. The lowest BCUT2D eigenvalue weighted by molar-refractivity contribution is 0.0524. The highest BCUT2D eigenvalue weighted by atomic mass is 16.5. The van der Waals surface area contributed by atoms with Gasteiger partial charge >= 0.3 is 5.97 Å². The second-order valence-corrected chi connectivity index (χ2v) is 4.12. The number of benzene rings is 1. The SMILES string of the molecule is CCOC(=O)c1c[nH]c2cc(C=O)c(C)cc2c1=O. The minimum absolute atomic E-state index is 0.0346. The first-order valence-corrected chi connectivity index (χ1v) is 5.86. The maximum absolute atomic E-state index is 12.2. The summed E-state index contributed by atoms with van der Waals surface area (Å²) in [6.45, 7) is 3.62. The molecule has 2 rings (SSSR count). The van der Waals surface area contributed by atoms with Crippen LogP contribution in [0, 0.1) is 6.92 Å². The van der Waals surface area contributed by atoms with Gasteiger partial charge < -0.3 is 9.72 Å². The van der Waals surface area contributed by atoms with Crippen LogP contribution in [0.1, 0.15) is 33.2 Å². The fourth-order valence-electron chi connectivity index (χ4n) is 1.88. The minimum atomic E-state index is -0.650. The number of aryl methyl sites for hydroxylation is 1. The standard InChI is InChI=1S/C14H13NO4/c1-3-19-14(18)11-6-15-12-5-9(7-16)8(2)4-10(12)13(11)17/h4-7H,3H2,1-2H3,(H,15,17). The van der Waals surface area contributed by atoms with Crippen LogP contribution >= 0.6 is 0 Å². The van der Waals surface area contributed by atoms with E-state index >= 15 is 0 Å². The van der Waals surface area contributed by atoms with Crippen molar-refractivity contribution in [2.75, 3.05) is 6.61 Å². The fourth-order valence-corrected chi connectivity index (χ4v) is 1.88. The summed E-state index contributed by atoms with van der Waals surface area (Å²) in [5, 5.41) is 0.369. The van der Waals surface area contributed by atoms with E-state index in [1.807, 2.05) is 0 Å². The van der Waals surface area contributed by atoms with Gasteiger partial charge in [0.15, 0.2) is 0 Å². The van der Waals surface area contributed by atoms with Crippen molar-refractivity contribution in [3.05, 3.63) is 45.2 Å². The number of hydrogen-bond acceptors (Lipinski definition) is 4. The van der Waals surface area contributed by atoms with Crippen LogP contribution in [0.5, 0.6) is 0 Å². The van der Waals surface area contributed by atoms with Crippen LogP contribution in [-0.2, 0) is 4.74 Å². The van der Waals surface area contributed by atoms with Gasteiger partial charge in [0.2, 0.25) is 5.43 Å². The van der Waals surface area contributed by atoms with Crippen molar-refractivity contribution in [1.82, 2.24) is 4.98 Å². The fraction of sp³-hybridized carbons (Fsp3) is 0.214. The van der Waals surface area contributed by atoms with Gasteiger partial charge in [0.05, 0.1) is 12.1 Å². The van der Waals surface area contributed by atoms with Crippen LogP contribution in [0.2, 0.25) is 0 Å². The van der Waals surface area contributed by atoms with E-state index in [9.17, 15) is 14.4 Å². The quantitative estimate of drug-likeness (QED) is 0.674. The second-order valence-electron chi connectivity index (χ2n) is 4.12. The highest BCUT2D eigenvalue weighted by Crippen LogP contribution is 2.15. The van der Waals surface area contributed by atoms with Crippen LogP contribution in [0.25, 0.3) is 10.9 Å². The third-order valence-corrected chi connectivity index (χ3v) is 2.89. The molecule has 1 N–H and O–H groups in total. The first-order valence-electron chi connectivity index (χ1n) is 5.86. The summed E-state index contributed by atoms with van der Waals surface area (Å²) in [6.07, 6.45) is 2.04. The molecule has 98 valence electrons. The molecule has 0 saturated carbocycles. The van der Waals surface area contributed by atoms with Crippen molar-refractivity contribution >= 4 is 23.2 Å². The molecule has 0 bridgehead atoms. The average molecular weight is 259 g/mol. The summed E-state index contributed by atoms with van der Waals surface area (Å²) >= 11 is 0. The Balaban J connectivity index is 2.69. The molecule has 5 nitrogen and oxygen atoms in total. The highest BCUT2D eigenvalue weighted by Gasteiger charge is 2.14. The van der Waals surface area contributed by atoms with Gasteiger partial charge in [-0.25, -0.2) is 4.79 Å². The Morgan fingerprint density at radius 2 is 2.16 bits per heavy atom. The molecule has 0 aliphatic heterocycles. The zero-order chi connectivity index (χ0) is 14.0. The molecular weight excluding hydrogens is 246 g/mol. The van der Waals surface area contributed by atoms with Crippen LogP contribution in [0.4, 0.5) is 0 Å². The summed E-state index contributed by atoms with van der Waals surface area (Å²) in [5.41, 5.74) is 1.28. The number of rotatable bonds is 3. The molecule has 0 fully saturated rings. The molecule has 0 radical (unpaired) electrons. The van der Waals surface area contributed by atoms with Crippen LogP contribution in [0.15, 0.2) is 23.1 Å². The van der Waals surface area contributed by atoms with Crippen LogP contribution in [0.3, 0.4) is 0 Å². The van der Waals surface area contributed by atoms with E-state index in [1.165, 1.54) is 6.20 Å². The molecule has 0 saturated heterocycles. The monoisotopic (exact) mass is 259 g/mol. The number of ether oxygens (including phenoxy) is 1. The predicted octanol–water partition coefficient (Wildman–Crippen LogP) is 1.83. The number of nitrogens with one attached hydrogen (secondary N) is 1. The number of H-pyrrole nitrogens is 1. The first-order chi connectivity index (χ1) is 9.08. The molecule has 1 aromatic heterocycles. The molecule has 0 aliphatic carbocycles. The van der Waals surface area contributed by atoms with Gasteiger partial charge in [0, 0.05) is 17.1 Å². The summed E-state index contributed by atoms with van der Waals surface area (Å²) in [6, 6.07) is 3.19. The Kier molecular flexibility index (Phi) is 3.46. The third kappa shape index (κ3) is 2.27. The average Bonchev–Trinajstić information content (AvgIpc) is 2.39. The smallest absolute Gasteiger partial charge is 0.343 e. The van der Waals surface area contributed by atoms with E-state index in [0.29, 0.717) is 22.0 Å². The third-order valence-electron chi connectivity index (χ3n) is 2.89. The van der Waals surface area contributed by atoms with Gasteiger partial charge in [0.1, 0.15) is 11.8 Å². The summed E-state index contributed by atoms with van der Waals surface area (Å²) in [5.74, 6) is -0.650. The van der Waals surface area contributed by atoms with E-state index < -0.39 is 11.4 Å². The largest absolute Gasteiger partial charge is 0.462 e. The first kappa shape index (κ1) is 13.0. The normalized spacial score (nSPS) is 10.4. The van der Waals surface area contributed by atoms with Gasteiger partial charge in [-0.3, -0.25) is 9.59 Å². The number of hydrogen-bond donors (Lipinski definition) is 1. The Bertz CT molecular complexity index is 715. The number of aromatic nitrogens is 1. The number of aromatic amines is 1. The van der Waals surface area contributed by atoms with E-state index in [1.54, 1.807) is 26.0 Å². The van der Waals surface area contributed by atoms with Crippen molar-refractivity contribution in [3.63, 3.8) is 0 Å². The number of esters is 1. The summed E-state index contributed by atoms with van der Waals surface area (Å²) in [4.78, 5) is 37.5. The lowest BCUT2D eigenvalue weighted by Gasteiger charge is -2.05. The van der Waals surface area contributed by atoms with Crippen molar-refractivity contribution in [3.8, 4) is 0 Å². The maximum atomic E-state index is 12.2. The van der Waals surface area contributed by atoms with E-state index in [-0.39, 0.29) is 12.2 Å². The zero-order valence-corrected chi connectivity index (χ0v) is 10.6. The van der Waals surface area contributed by atoms with Gasteiger partial charge in [-0.05, 0) is 31.5 Å². The van der Waals surface area contributed by atoms with Gasteiger partial charge in [-0.2, -0.15) is 0 Å². The lowest BCUT2D eigenvalue weighted by atomic mass is 10.0. The molecule has 0 atom stereocenters. The predicted molar refractivity (Wildman–Crippen MR) is 70.6 cm³/mol. The Morgan fingerprint density at radius 3 is 2.79 bits per heavy atom. The van der Waals surface area contributed by atoms with Crippen LogP contribution in [-0.4, -0.2) is 23.8 Å². The van der Waals surface area contributed by atoms with Gasteiger partial charge in [0.25, 0.3) is 0 Å². The van der Waals surface area contributed by atoms with E-state index in [0.717, 1.165) is 6.29 Å². The Labute approximate surface area is 109 Å². The number of carbonyl (C=O) groups is 2. The molecule has 1 heterocycles. The highest BCUT2D eigenvalue weighted by molar-refractivity contribution is 5.95. The number of aldehydes is 1. The molecule has 0 spiro atoms. The molecule has 0 aliphatic rings. The van der Waals surface area contributed by atoms with Crippen molar-refractivity contribution < 1.29 is 14.3 Å². The maximum Gasteiger partial charge on any atom is 0.343 e. The summed E-state index contributed by atoms with van der Waals surface area (Å²) < 4.78 is 4.82. The van der Waals surface area contributed by atoms with Gasteiger partial charge in [-0.1, -0.05) is 0 Å². The van der Waals surface area contributed by atoms with E-state index in [4.69, 9.17) is 4.74 Å². The van der Waals surface area contributed by atoms with Crippen molar-refractivity contribution in [2.24, 2.45) is 0 Å². The van der Waals surface area contributed by atoms with Crippen molar-refractivity contribution in [2.45, 2.75) is 13.8 Å². The Morgan fingerprint density at radius 1 is 1.42 bits per heavy atom. The minimum Gasteiger partial charge on any atom is -0.462 e. The number of pyridine rings is 1. The second kappa shape index (κ2) is 5.06. The topological polar surface area (TPSA) is 76.2 Å². The molecule has 0 amide bonds. The Hall–Kier alpha value is -2.43. The van der Waals surface area contributed by atoms with Crippen molar-refractivity contribution in [1.29, 1.82) is 0 Å². The van der Waals surface area contributed by atoms with E-state index in [2.05, 4.69) is 4.98 Å². The molecule has 0 unspecified atom stereocenters. The molecule has 19 heavy (non-hydrogen) atoms. The van der Waals surface area contributed by atoms with Gasteiger partial charge in [-0.15, -0.1) is 0 Å².